The van der Waals surface area contributed by atoms with Crippen LogP contribution in [0.3, 0.4) is 0 Å². The van der Waals surface area contributed by atoms with Crippen LogP contribution in [-0.2, 0) is 4.74 Å². The number of allylic oxidation sites excluding steroid dienone is 3. The van der Waals surface area contributed by atoms with Gasteiger partial charge in [-0.15, -0.1) is 0 Å². The van der Waals surface area contributed by atoms with Crippen molar-refractivity contribution in [1.29, 1.82) is 0 Å². The van der Waals surface area contributed by atoms with Gasteiger partial charge in [-0.1, -0.05) is 24.3 Å². The first-order valence-corrected chi connectivity index (χ1v) is 3.13. The maximum absolute atomic E-state index is 5.13. The lowest BCUT2D eigenvalue weighted by Gasteiger charge is -2.05. The molecule has 1 unspecified atom stereocenters. The van der Waals surface area contributed by atoms with Gasteiger partial charge in [-0.3, -0.25) is 0 Å². The minimum Gasteiger partial charge on any atom is -0.500 e. The summed E-state index contributed by atoms with van der Waals surface area (Å²) < 4.78 is 5.13. The molecule has 2 rings (SSSR count). The van der Waals surface area contributed by atoms with Crippen LogP contribution < -0.4 is 0 Å². The van der Waals surface area contributed by atoms with E-state index >= 15 is 0 Å². The van der Waals surface area contributed by atoms with Crippen LogP contribution in [0.15, 0.2) is 36.1 Å². The van der Waals surface area contributed by atoms with Gasteiger partial charge in [-0.25, -0.2) is 0 Å². The summed E-state index contributed by atoms with van der Waals surface area (Å²) in [6.45, 7) is 0.830. The molecule has 0 aromatic rings. The van der Waals surface area contributed by atoms with Crippen LogP contribution in [0.1, 0.15) is 0 Å². The van der Waals surface area contributed by atoms with Gasteiger partial charge in [0.25, 0.3) is 0 Å². The van der Waals surface area contributed by atoms with Crippen LogP contribution in [-0.4, -0.2) is 6.61 Å². The lowest BCUT2D eigenvalue weighted by atomic mass is 9.98. The SMILES string of the molecule is C1=CC2=COCC2C=C1. The summed E-state index contributed by atoms with van der Waals surface area (Å²) in [4.78, 5) is 0. The first kappa shape index (κ1) is 4.86. The van der Waals surface area contributed by atoms with E-state index in [1.54, 1.807) is 0 Å². The van der Waals surface area contributed by atoms with Gasteiger partial charge in [0, 0.05) is 5.92 Å². The van der Waals surface area contributed by atoms with E-state index in [1.807, 2.05) is 12.3 Å². The molecule has 0 saturated carbocycles. The third-order valence-corrected chi connectivity index (χ3v) is 1.67. The van der Waals surface area contributed by atoms with Gasteiger partial charge in [-0.2, -0.15) is 0 Å². The Hall–Kier alpha value is -0.980. The van der Waals surface area contributed by atoms with Crippen molar-refractivity contribution in [3.8, 4) is 0 Å². The summed E-state index contributed by atoms with van der Waals surface area (Å²) in [6.07, 6.45) is 10.2. The van der Waals surface area contributed by atoms with Crippen LogP contribution >= 0.6 is 0 Å². The Bertz CT molecular complexity index is 196. The molecule has 1 aliphatic carbocycles. The fraction of sp³-hybridized carbons (Fsp3) is 0.250. The van der Waals surface area contributed by atoms with Gasteiger partial charge in [0.15, 0.2) is 0 Å². The standard InChI is InChI=1S/C8H8O/c1-2-4-8-6-9-5-7(8)3-1/h1-5,8H,6H2. The molecule has 1 nitrogen and oxygen atoms in total. The second-order valence-electron chi connectivity index (χ2n) is 2.30. The second kappa shape index (κ2) is 1.76. The van der Waals surface area contributed by atoms with Gasteiger partial charge < -0.3 is 4.74 Å². The zero-order valence-corrected chi connectivity index (χ0v) is 5.08. The van der Waals surface area contributed by atoms with Crippen LogP contribution in [0.25, 0.3) is 0 Å². The van der Waals surface area contributed by atoms with E-state index in [0.717, 1.165) is 6.61 Å². The van der Waals surface area contributed by atoms with Crippen molar-refractivity contribution in [3.05, 3.63) is 36.1 Å². The molecule has 0 aromatic heterocycles. The van der Waals surface area contributed by atoms with Gasteiger partial charge in [-0.05, 0) is 5.57 Å². The molecule has 0 fully saturated rings. The molecule has 1 heterocycles. The number of hydrogen-bond donors (Lipinski definition) is 0. The lowest BCUT2D eigenvalue weighted by molar-refractivity contribution is 0.263. The Morgan fingerprint density at radius 1 is 1.44 bits per heavy atom. The van der Waals surface area contributed by atoms with Gasteiger partial charge >= 0.3 is 0 Å². The highest BCUT2D eigenvalue weighted by Gasteiger charge is 2.16. The molecule has 0 aromatic carbocycles. The van der Waals surface area contributed by atoms with Crippen LogP contribution in [0.4, 0.5) is 0 Å². The zero-order chi connectivity index (χ0) is 6.10. The van der Waals surface area contributed by atoms with Crippen molar-refractivity contribution in [2.24, 2.45) is 5.92 Å². The van der Waals surface area contributed by atoms with Crippen molar-refractivity contribution < 1.29 is 4.74 Å². The Morgan fingerprint density at radius 3 is 3.33 bits per heavy atom. The van der Waals surface area contributed by atoms with Gasteiger partial charge in [0.05, 0.1) is 12.9 Å². The predicted octanol–water partition coefficient (Wildman–Crippen LogP) is 1.64. The largest absolute Gasteiger partial charge is 0.500 e. The van der Waals surface area contributed by atoms with E-state index in [-0.39, 0.29) is 0 Å². The van der Waals surface area contributed by atoms with E-state index in [0.29, 0.717) is 5.92 Å². The van der Waals surface area contributed by atoms with Gasteiger partial charge in [0.1, 0.15) is 0 Å². The smallest absolute Gasteiger partial charge is 0.0977 e. The Balaban J connectivity index is 2.33. The molecule has 2 aliphatic rings. The summed E-state index contributed by atoms with van der Waals surface area (Å²) in [5.74, 6) is 0.537. The number of rotatable bonds is 0. The number of fused-ring (bicyclic) bond motifs is 1. The fourth-order valence-corrected chi connectivity index (χ4v) is 1.13. The fourth-order valence-electron chi connectivity index (χ4n) is 1.13. The predicted molar refractivity (Wildman–Crippen MR) is 35.8 cm³/mol. The molecule has 0 radical (unpaired) electrons. The molecule has 0 N–H and O–H groups in total. The summed E-state index contributed by atoms with van der Waals surface area (Å²) in [5.41, 5.74) is 1.30. The lowest BCUT2D eigenvalue weighted by Crippen LogP contribution is -2.00. The first-order chi connectivity index (χ1) is 4.47. The Morgan fingerprint density at radius 2 is 2.44 bits per heavy atom. The normalized spacial score (nSPS) is 29.3. The molecule has 0 saturated heterocycles. The molecule has 1 atom stereocenters. The molecular weight excluding hydrogens is 112 g/mol. The molecule has 1 heteroatoms. The van der Waals surface area contributed by atoms with Crippen molar-refractivity contribution in [1.82, 2.24) is 0 Å². The molecule has 9 heavy (non-hydrogen) atoms. The highest BCUT2D eigenvalue weighted by molar-refractivity contribution is 5.33. The quantitative estimate of drug-likeness (QED) is 0.472. The maximum atomic E-state index is 5.13. The monoisotopic (exact) mass is 120 g/mol. The van der Waals surface area contributed by atoms with Crippen molar-refractivity contribution >= 4 is 0 Å². The highest BCUT2D eigenvalue weighted by Crippen LogP contribution is 2.23. The van der Waals surface area contributed by atoms with Crippen LogP contribution in [0.2, 0.25) is 0 Å². The van der Waals surface area contributed by atoms with Crippen molar-refractivity contribution in [2.75, 3.05) is 6.61 Å². The molecule has 0 amide bonds. The molecule has 0 spiro atoms. The van der Waals surface area contributed by atoms with E-state index in [1.165, 1.54) is 5.57 Å². The summed E-state index contributed by atoms with van der Waals surface area (Å²) >= 11 is 0. The molecule has 46 valence electrons. The summed E-state index contributed by atoms with van der Waals surface area (Å²) in [5, 5.41) is 0. The van der Waals surface area contributed by atoms with Crippen LogP contribution in [0, 0.1) is 5.92 Å². The third kappa shape index (κ3) is 0.689. The molecule has 0 bridgehead atoms. The van der Waals surface area contributed by atoms with E-state index < -0.39 is 0 Å². The summed E-state index contributed by atoms with van der Waals surface area (Å²) in [7, 11) is 0. The minimum atomic E-state index is 0.537. The number of hydrogen-bond acceptors (Lipinski definition) is 1. The first-order valence-electron chi connectivity index (χ1n) is 3.13. The maximum Gasteiger partial charge on any atom is 0.0977 e. The third-order valence-electron chi connectivity index (χ3n) is 1.67. The van der Waals surface area contributed by atoms with Gasteiger partial charge in [0.2, 0.25) is 0 Å². The van der Waals surface area contributed by atoms with E-state index in [9.17, 15) is 0 Å². The molecular formula is C8H8O. The highest BCUT2D eigenvalue weighted by atomic mass is 16.5. The summed E-state index contributed by atoms with van der Waals surface area (Å²) in [6, 6.07) is 0. The van der Waals surface area contributed by atoms with Crippen LogP contribution in [0.5, 0.6) is 0 Å². The number of ether oxygens (including phenoxy) is 1. The van der Waals surface area contributed by atoms with Crippen molar-refractivity contribution in [2.45, 2.75) is 0 Å². The Kier molecular flexibility index (Phi) is 0.950. The average Bonchev–Trinajstić information content (AvgIpc) is 2.33. The van der Waals surface area contributed by atoms with E-state index in [4.69, 9.17) is 4.74 Å². The zero-order valence-electron chi connectivity index (χ0n) is 5.08. The minimum absolute atomic E-state index is 0.537. The van der Waals surface area contributed by atoms with E-state index in [2.05, 4.69) is 18.2 Å². The second-order valence-corrected chi connectivity index (χ2v) is 2.30. The topological polar surface area (TPSA) is 9.23 Å². The molecule has 1 aliphatic heterocycles. The average molecular weight is 120 g/mol. The van der Waals surface area contributed by atoms with Crippen molar-refractivity contribution in [3.63, 3.8) is 0 Å². The Labute approximate surface area is 54.3 Å².